The molecule has 1 aliphatic rings. The molecule has 0 amide bonds. The lowest BCUT2D eigenvalue weighted by Crippen LogP contribution is -2.25. The topological polar surface area (TPSA) is 21.3 Å². The van der Waals surface area contributed by atoms with E-state index >= 15 is 0 Å². The van der Waals surface area contributed by atoms with Gasteiger partial charge in [0.1, 0.15) is 0 Å². The minimum Gasteiger partial charge on any atom is -0.494 e. The molecular formula is C14H20FNO. The Balaban J connectivity index is 1.88. The monoisotopic (exact) mass is 237 g/mol. The number of hydrogen-bond donors (Lipinski definition) is 1. The molecule has 1 saturated carbocycles. The van der Waals surface area contributed by atoms with Crippen molar-refractivity contribution in [2.24, 2.45) is 5.92 Å². The molecule has 1 aromatic carbocycles. The molecule has 1 N–H and O–H groups in total. The highest BCUT2D eigenvalue weighted by Crippen LogP contribution is 2.25. The largest absolute Gasteiger partial charge is 0.494 e. The minimum atomic E-state index is -0.286. The second-order valence-electron chi connectivity index (χ2n) is 4.96. The zero-order valence-electron chi connectivity index (χ0n) is 10.5. The number of hydrogen-bond acceptors (Lipinski definition) is 2. The van der Waals surface area contributed by atoms with E-state index in [1.807, 2.05) is 6.07 Å². The normalized spacial score (nSPS) is 23.9. The number of benzene rings is 1. The molecule has 0 aliphatic heterocycles. The summed E-state index contributed by atoms with van der Waals surface area (Å²) in [5.74, 6) is 0.843. The standard InChI is InChI=1S/C14H20FNO/c1-10-3-5-12(7-10)16-9-11-4-6-14(17-2)13(15)8-11/h4,6,8,10,12,16H,3,5,7,9H2,1-2H3. The van der Waals surface area contributed by atoms with E-state index in [1.54, 1.807) is 12.1 Å². The van der Waals surface area contributed by atoms with Crippen LogP contribution in [-0.2, 0) is 6.54 Å². The van der Waals surface area contributed by atoms with Gasteiger partial charge in [-0.25, -0.2) is 4.39 Å². The molecule has 94 valence electrons. The predicted molar refractivity (Wildman–Crippen MR) is 66.6 cm³/mol. The minimum absolute atomic E-state index is 0.286. The van der Waals surface area contributed by atoms with Crippen LogP contribution in [0.3, 0.4) is 0 Å². The van der Waals surface area contributed by atoms with Crippen molar-refractivity contribution in [1.29, 1.82) is 0 Å². The van der Waals surface area contributed by atoms with Crippen molar-refractivity contribution in [2.75, 3.05) is 7.11 Å². The van der Waals surface area contributed by atoms with Crippen LogP contribution >= 0.6 is 0 Å². The van der Waals surface area contributed by atoms with Crippen molar-refractivity contribution in [3.8, 4) is 5.75 Å². The summed E-state index contributed by atoms with van der Waals surface area (Å²) in [7, 11) is 1.48. The predicted octanol–water partition coefficient (Wildman–Crippen LogP) is 3.11. The fraction of sp³-hybridized carbons (Fsp3) is 0.571. The van der Waals surface area contributed by atoms with Crippen molar-refractivity contribution in [3.05, 3.63) is 29.6 Å². The Morgan fingerprint density at radius 1 is 1.41 bits per heavy atom. The molecule has 3 heteroatoms. The Hall–Kier alpha value is -1.09. The molecule has 1 aromatic rings. The van der Waals surface area contributed by atoms with E-state index in [2.05, 4.69) is 12.2 Å². The van der Waals surface area contributed by atoms with Gasteiger partial charge in [0, 0.05) is 12.6 Å². The average Bonchev–Trinajstić information content (AvgIpc) is 2.73. The van der Waals surface area contributed by atoms with Crippen LogP contribution < -0.4 is 10.1 Å². The molecule has 2 nitrogen and oxygen atoms in total. The fourth-order valence-electron chi connectivity index (χ4n) is 2.47. The lowest BCUT2D eigenvalue weighted by molar-refractivity contribution is 0.386. The average molecular weight is 237 g/mol. The zero-order valence-corrected chi connectivity index (χ0v) is 10.5. The van der Waals surface area contributed by atoms with Crippen LogP contribution in [0.4, 0.5) is 4.39 Å². The Labute approximate surface area is 102 Å². The summed E-state index contributed by atoms with van der Waals surface area (Å²) >= 11 is 0. The zero-order chi connectivity index (χ0) is 12.3. The molecule has 17 heavy (non-hydrogen) atoms. The van der Waals surface area contributed by atoms with E-state index in [-0.39, 0.29) is 5.82 Å². The molecule has 1 aliphatic carbocycles. The number of ether oxygens (including phenoxy) is 1. The first-order valence-corrected chi connectivity index (χ1v) is 6.25. The maximum absolute atomic E-state index is 13.5. The molecule has 0 spiro atoms. The quantitative estimate of drug-likeness (QED) is 0.868. The molecule has 0 bridgehead atoms. The first-order valence-electron chi connectivity index (χ1n) is 6.25. The second-order valence-corrected chi connectivity index (χ2v) is 4.96. The maximum Gasteiger partial charge on any atom is 0.165 e. The molecular weight excluding hydrogens is 217 g/mol. The molecule has 2 unspecified atom stereocenters. The van der Waals surface area contributed by atoms with Crippen LogP contribution in [0.25, 0.3) is 0 Å². The smallest absolute Gasteiger partial charge is 0.165 e. The third-order valence-electron chi connectivity index (χ3n) is 3.51. The van der Waals surface area contributed by atoms with Crippen LogP contribution in [0.15, 0.2) is 18.2 Å². The third kappa shape index (κ3) is 3.19. The van der Waals surface area contributed by atoms with Gasteiger partial charge in [-0.3, -0.25) is 0 Å². The van der Waals surface area contributed by atoms with Crippen LogP contribution in [-0.4, -0.2) is 13.2 Å². The van der Waals surface area contributed by atoms with E-state index < -0.39 is 0 Å². The van der Waals surface area contributed by atoms with Gasteiger partial charge in [-0.05, 0) is 42.9 Å². The van der Waals surface area contributed by atoms with Crippen LogP contribution in [0, 0.1) is 11.7 Å². The van der Waals surface area contributed by atoms with Crippen molar-refractivity contribution in [3.63, 3.8) is 0 Å². The van der Waals surface area contributed by atoms with Crippen LogP contribution in [0.1, 0.15) is 31.7 Å². The Morgan fingerprint density at radius 2 is 2.24 bits per heavy atom. The highest BCUT2D eigenvalue weighted by atomic mass is 19.1. The van der Waals surface area contributed by atoms with Gasteiger partial charge in [0.15, 0.2) is 11.6 Å². The molecule has 2 rings (SSSR count). The summed E-state index contributed by atoms with van der Waals surface area (Å²) in [4.78, 5) is 0. The number of rotatable bonds is 4. The van der Waals surface area contributed by atoms with Crippen LogP contribution in [0.2, 0.25) is 0 Å². The van der Waals surface area contributed by atoms with Crippen molar-refractivity contribution < 1.29 is 9.13 Å². The number of methoxy groups -OCH3 is 1. The Bertz CT molecular complexity index is 380. The molecule has 0 saturated heterocycles. The number of halogens is 1. The molecule has 2 atom stereocenters. The Morgan fingerprint density at radius 3 is 2.82 bits per heavy atom. The number of nitrogens with one attached hydrogen (secondary N) is 1. The summed E-state index contributed by atoms with van der Waals surface area (Å²) in [6.07, 6.45) is 3.77. The fourth-order valence-corrected chi connectivity index (χ4v) is 2.47. The van der Waals surface area contributed by atoms with Crippen molar-refractivity contribution in [2.45, 2.75) is 38.8 Å². The Kier molecular flexibility index (Phi) is 4.00. The summed E-state index contributed by atoms with van der Waals surface area (Å²) in [6, 6.07) is 5.73. The van der Waals surface area contributed by atoms with Gasteiger partial charge < -0.3 is 10.1 Å². The van der Waals surface area contributed by atoms with E-state index in [0.29, 0.717) is 11.8 Å². The van der Waals surface area contributed by atoms with E-state index in [9.17, 15) is 4.39 Å². The highest BCUT2D eigenvalue weighted by molar-refractivity contribution is 5.29. The van der Waals surface area contributed by atoms with Gasteiger partial charge in [0.25, 0.3) is 0 Å². The lowest BCUT2D eigenvalue weighted by Gasteiger charge is -2.12. The van der Waals surface area contributed by atoms with Gasteiger partial charge >= 0.3 is 0 Å². The molecule has 1 fully saturated rings. The van der Waals surface area contributed by atoms with E-state index in [0.717, 1.165) is 18.0 Å². The summed E-state index contributed by atoms with van der Waals surface area (Å²) in [5.41, 5.74) is 0.975. The summed E-state index contributed by atoms with van der Waals surface area (Å²) in [6.45, 7) is 3.02. The van der Waals surface area contributed by atoms with Gasteiger partial charge in [0.2, 0.25) is 0 Å². The van der Waals surface area contributed by atoms with Gasteiger partial charge in [-0.15, -0.1) is 0 Å². The lowest BCUT2D eigenvalue weighted by atomic mass is 10.1. The van der Waals surface area contributed by atoms with Gasteiger partial charge in [-0.2, -0.15) is 0 Å². The van der Waals surface area contributed by atoms with Crippen LogP contribution in [0.5, 0.6) is 5.75 Å². The van der Waals surface area contributed by atoms with E-state index in [4.69, 9.17) is 4.74 Å². The summed E-state index contributed by atoms with van der Waals surface area (Å²) in [5, 5.41) is 3.49. The molecule has 0 heterocycles. The highest BCUT2D eigenvalue weighted by Gasteiger charge is 2.20. The van der Waals surface area contributed by atoms with Gasteiger partial charge in [0.05, 0.1) is 7.11 Å². The van der Waals surface area contributed by atoms with Crippen molar-refractivity contribution >= 4 is 0 Å². The van der Waals surface area contributed by atoms with Crippen molar-refractivity contribution in [1.82, 2.24) is 5.32 Å². The first-order chi connectivity index (χ1) is 8.19. The maximum atomic E-state index is 13.5. The first kappa shape index (κ1) is 12.4. The molecule has 0 radical (unpaired) electrons. The van der Waals surface area contributed by atoms with Gasteiger partial charge in [-0.1, -0.05) is 13.0 Å². The SMILES string of the molecule is COc1ccc(CNC2CCC(C)C2)cc1F. The molecule has 0 aromatic heterocycles. The summed E-state index contributed by atoms with van der Waals surface area (Å²) < 4.78 is 18.4. The van der Waals surface area contributed by atoms with E-state index in [1.165, 1.54) is 26.4 Å². The third-order valence-corrected chi connectivity index (χ3v) is 3.51. The second kappa shape index (κ2) is 5.50.